The first-order valence-corrected chi connectivity index (χ1v) is 10.1. The van der Waals surface area contributed by atoms with Crippen molar-refractivity contribution in [2.24, 2.45) is 0 Å². The van der Waals surface area contributed by atoms with E-state index in [0.717, 1.165) is 24.2 Å². The van der Waals surface area contributed by atoms with E-state index >= 15 is 0 Å². The van der Waals surface area contributed by atoms with Gasteiger partial charge >= 0.3 is 0 Å². The molecule has 1 aliphatic rings. The normalized spacial score (nSPS) is 14.9. The Kier molecular flexibility index (Phi) is 4.26. The lowest BCUT2D eigenvalue weighted by Gasteiger charge is -2.13. The molecule has 29 heavy (non-hydrogen) atoms. The van der Waals surface area contributed by atoms with Gasteiger partial charge in [0.2, 0.25) is 11.6 Å². The minimum Gasteiger partial charge on any atom is -0.317 e. The van der Waals surface area contributed by atoms with Gasteiger partial charge in [-0.1, -0.05) is 43.2 Å². The highest BCUT2D eigenvalue weighted by molar-refractivity contribution is 5.76. The summed E-state index contributed by atoms with van der Waals surface area (Å²) in [5.41, 5.74) is 1.97. The van der Waals surface area contributed by atoms with Gasteiger partial charge in [-0.25, -0.2) is 4.98 Å². The molecule has 0 aliphatic heterocycles. The van der Waals surface area contributed by atoms with Crippen LogP contribution in [0.15, 0.2) is 35.1 Å². The Labute approximate surface area is 166 Å². The fraction of sp³-hybridized carbons (Fsp3) is 0.381. The number of imidazole rings is 1. The summed E-state index contributed by atoms with van der Waals surface area (Å²) in [5.74, 6) is 1.66. The van der Waals surface area contributed by atoms with Crippen LogP contribution in [0.1, 0.15) is 60.5 Å². The van der Waals surface area contributed by atoms with Gasteiger partial charge in [0.15, 0.2) is 17.5 Å². The van der Waals surface area contributed by atoms with Crippen LogP contribution in [0.25, 0.3) is 16.9 Å². The van der Waals surface area contributed by atoms with Gasteiger partial charge in [0.05, 0.1) is 0 Å². The molecule has 0 amide bonds. The van der Waals surface area contributed by atoms with Crippen LogP contribution in [0, 0.1) is 0 Å². The fourth-order valence-corrected chi connectivity index (χ4v) is 4.43. The number of benzene rings is 1. The number of aldehydes is 1. The Morgan fingerprint density at radius 1 is 1.10 bits per heavy atom. The van der Waals surface area contributed by atoms with Gasteiger partial charge in [-0.3, -0.25) is 14.2 Å². The zero-order valence-electron chi connectivity index (χ0n) is 16.3. The molecule has 0 N–H and O–H groups in total. The maximum atomic E-state index is 13.4. The third-order valence-electron chi connectivity index (χ3n) is 5.80. The minimum atomic E-state index is -0.146. The van der Waals surface area contributed by atoms with Crippen LogP contribution in [0.4, 0.5) is 0 Å². The molecule has 0 saturated heterocycles. The zero-order valence-corrected chi connectivity index (χ0v) is 16.3. The Morgan fingerprint density at radius 2 is 1.86 bits per heavy atom. The van der Waals surface area contributed by atoms with Crippen molar-refractivity contribution in [2.75, 3.05) is 0 Å². The average Bonchev–Trinajstić information content (AvgIpc) is 3.47. The SMILES string of the molecule is CCn1c(=O)c2c(nc(C3CCCC3)n2Cc2ccccc2)n2nc(C=O)nc12. The summed E-state index contributed by atoms with van der Waals surface area (Å²) in [5, 5.41) is 4.30. The molecule has 0 bridgehead atoms. The molecule has 1 aromatic carbocycles. The van der Waals surface area contributed by atoms with E-state index in [0.29, 0.717) is 42.2 Å². The molecule has 5 rings (SSSR count). The number of fused-ring (bicyclic) bond motifs is 3. The van der Waals surface area contributed by atoms with Crippen molar-refractivity contribution in [1.29, 1.82) is 0 Å². The smallest absolute Gasteiger partial charge is 0.281 e. The van der Waals surface area contributed by atoms with E-state index < -0.39 is 0 Å². The largest absolute Gasteiger partial charge is 0.317 e. The maximum Gasteiger partial charge on any atom is 0.281 e. The summed E-state index contributed by atoms with van der Waals surface area (Å²) in [4.78, 5) is 33.8. The number of hydrogen-bond donors (Lipinski definition) is 0. The van der Waals surface area contributed by atoms with E-state index in [-0.39, 0.29) is 11.4 Å². The number of aromatic nitrogens is 6. The summed E-state index contributed by atoms with van der Waals surface area (Å²) in [6.45, 7) is 2.89. The number of hydrogen-bond acceptors (Lipinski definition) is 5. The molecule has 8 heteroatoms. The summed E-state index contributed by atoms with van der Waals surface area (Å²) < 4.78 is 5.16. The van der Waals surface area contributed by atoms with Crippen LogP contribution >= 0.6 is 0 Å². The highest BCUT2D eigenvalue weighted by Crippen LogP contribution is 2.35. The molecule has 3 aromatic heterocycles. The highest BCUT2D eigenvalue weighted by Gasteiger charge is 2.27. The van der Waals surface area contributed by atoms with Crippen LogP contribution in [-0.2, 0) is 13.1 Å². The molecule has 8 nitrogen and oxygen atoms in total. The van der Waals surface area contributed by atoms with E-state index in [1.165, 1.54) is 12.8 Å². The van der Waals surface area contributed by atoms with E-state index in [2.05, 4.69) is 26.8 Å². The molecule has 1 fully saturated rings. The number of carbonyl (C=O) groups is 1. The summed E-state index contributed by atoms with van der Waals surface area (Å²) in [6, 6.07) is 10.1. The van der Waals surface area contributed by atoms with Crippen LogP contribution in [0.3, 0.4) is 0 Å². The summed E-state index contributed by atoms with van der Waals surface area (Å²) in [6.07, 6.45) is 5.08. The molecule has 0 radical (unpaired) electrons. The van der Waals surface area contributed by atoms with Crippen molar-refractivity contribution in [3.8, 4) is 0 Å². The third-order valence-corrected chi connectivity index (χ3v) is 5.80. The zero-order chi connectivity index (χ0) is 20.0. The number of aryl methyl sites for hydroxylation is 1. The second-order valence-electron chi connectivity index (χ2n) is 7.54. The molecule has 148 valence electrons. The van der Waals surface area contributed by atoms with Crippen LogP contribution in [-0.4, -0.2) is 35.0 Å². The van der Waals surface area contributed by atoms with E-state index in [4.69, 9.17) is 4.98 Å². The number of rotatable bonds is 5. The van der Waals surface area contributed by atoms with Crippen LogP contribution in [0.2, 0.25) is 0 Å². The van der Waals surface area contributed by atoms with Crippen molar-refractivity contribution in [3.63, 3.8) is 0 Å². The molecule has 0 spiro atoms. The van der Waals surface area contributed by atoms with Crippen molar-refractivity contribution < 1.29 is 4.79 Å². The summed E-state index contributed by atoms with van der Waals surface area (Å²) in [7, 11) is 0. The molecule has 4 aromatic rings. The van der Waals surface area contributed by atoms with E-state index in [9.17, 15) is 9.59 Å². The van der Waals surface area contributed by atoms with Crippen molar-refractivity contribution in [3.05, 3.63) is 57.9 Å². The van der Waals surface area contributed by atoms with Gasteiger partial charge in [-0.15, -0.1) is 5.10 Å². The number of nitrogens with zero attached hydrogens (tertiary/aromatic N) is 6. The van der Waals surface area contributed by atoms with Crippen LogP contribution < -0.4 is 5.56 Å². The second kappa shape index (κ2) is 6.95. The lowest BCUT2D eigenvalue weighted by molar-refractivity contribution is 0.111. The maximum absolute atomic E-state index is 13.4. The standard InChI is InChI=1S/C21H22N6O2/c1-2-25-20(29)17-19(27-21(25)22-16(13-28)24-27)23-18(15-10-6-7-11-15)26(17)12-14-8-4-3-5-9-14/h3-5,8-9,13,15H,2,6-7,10-12H2,1H3. The van der Waals surface area contributed by atoms with Crippen molar-refractivity contribution in [1.82, 2.24) is 28.7 Å². The minimum absolute atomic E-state index is 0.0547. The van der Waals surface area contributed by atoms with Gasteiger partial charge in [-0.05, 0) is 25.3 Å². The molecule has 1 aliphatic carbocycles. The molecule has 1 saturated carbocycles. The lowest BCUT2D eigenvalue weighted by atomic mass is 10.1. The van der Waals surface area contributed by atoms with Gasteiger partial charge in [0, 0.05) is 19.0 Å². The molecule has 3 heterocycles. The quantitative estimate of drug-likeness (QED) is 0.489. The van der Waals surface area contributed by atoms with Gasteiger partial charge in [0.25, 0.3) is 5.56 Å². The van der Waals surface area contributed by atoms with Crippen molar-refractivity contribution in [2.45, 2.75) is 51.6 Å². The molecule has 0 atom stereocenters. The fourth-order valence-electron chi connectivity index (χ4n) is 4.43. The first-order chi connectivity index (χ1) is 14.2. The van der Waals surface area contributed by atoms with Gasteiger partial charge < -0.3 is 4.57 Å². The molecular weight excluding hydrogens is 368 g/mol. The monoisotopic (exact) mass is 390 g/mol. The Bertz CT molecular complexity index is 1260. The number of carbonyl (C=O) groups excluding carboxylic acids is 1. The first kappa shape index (κ1) is 17.8. The topological polar surface area (TPSA) is 87.1 Å². The van der Waals surface area contributed by atoms with E-state index in [1.807, 2.05) is 25.1 Å². The molecular formula is C21H22N6O2. The third kappa shape index (κ3) is 2.78. The highest BCUT2D eigenvalue weighted by atomic mass is 16.1. The molecule has 0 unspecified atom stereocenters. The van der Waals surface area contributed by atoms with Crippen LogP contribution in [0.5, 0.6) is 0 Å². The van der Waals surface area contributed by atoms with E-state index in [1.54, 1.807) is 9.08 Å². The van der Waals surface area contributed by atoms with Gasteiger partial charge in [0.1, 0.15) is 5.82 Å². The van der Waals surface area contributed by atoms with Gasteiger partial charge in [-0.2, -0.15) is 9.50 Å². The Morgan fingerprint density at radius 3 is 2.55 bits per heavy atom. The summed E-state index contributed by atoms with van der Waals surface area (Å²) >= 11 is 0. The predicted octanol–water partition coefficient (Wildman–Crippen LogP) is 2.78. The second-order valence-corrected chi connectivity index (χ2v) is 7.54. The first-order valence-electron chi connectivity index (χ1n) is 10.1. The Balaban J connectivity index is 1.85. The lowest BCUT2D eigenvalue weighted by Crippen LogP contribution is -2.25. The predicted molar refractivity (Wildman–Crippen MR) is 108 cm³/mol. The Hall–Kier alpha value is -3.29. The van der Waals surface area contributed by atoms with Crippen molar-refractivity contribution >= 4 is 23.2 Å². The average molecular weight is 390 g/mol.